The fraction of sp³-hybridized carbons (Fsp3) is 0.0909. The summed E-state index contributed by atoms with van der Waals surface area (Å²) in [5.41, 5.74) is 12.0. The third-order valence-electron chi connectivity index (χ3n) is 2.36. The number of halogens is 1. The maximum atomic E-state index is 13.1. The van der Waals surface area contributed by atoms with Crippen molar-refractivity contribution in [3.63, 3.8) is 0 Å². The zero-order valence-corrected chi connectivity index (χ0v) is 9.14. The average Bonchev–Trinajstić information content (AvgIpc) is 2.57. The second-order valence-electron chi connectivity index (χ2n) is 3.65. The van der Waals surface area contributed by atoms with Crippen molar-refractivity contribution < 1.29 is 9.18 Å². The Balaban J connectivity index is 2.67. The molecule has 17 heavy (non-hydrogen) atoms. The van der Waals surface area contributed by atoms with Gasteiger partial charge in [-0.15, -0.1) is 0 Å². The fourth-order valence-corrected chi connectivity index (χ4v) is 1.63. The molecule has 1 aromatic carbocycles. The number of anilines is 1. The molecular weight excluding hydrogens is 223 g/mol. The lowest BCUT2D eigenvalue weighted by Crippen LogP contribution is -2.16. The Kier molecular flexibility index (Phi) is 2.55. The third-order valence-corrected chi connectivity index (χ3v) is 2.36. The second kappa shape index (κ2) is 3.89. The van der Waals surface area contributed by atoms with Gasteiger partial charge < -0.3 is 11.5 Å². The van der Waals surface area contributed by atoms with Crippen LogP contribution < -0.4 is 11.5 Å². The number of carbonyl (C=O) groups excluding carboxylic acids is 1. The van der Waals surface area contributed by atoms with Crippen LogP contribution >= 0.6 is 0 Å². The van der Waals surface area contributed by atoms with Crippen molar-refractivity contribution in [2.24, 2.45) is 5.73 Å². The van der Waals surface area contributed by atoms with Gasteiger partial charge in [0.25, 0.3) is 5.91 Å². The molecule has 5 nitrogen and oxygen atoms in total. The van der Waals surface area contributed by atoms with Gasteiger partial charge in [-0.1, -0.05) is 0 Å². The Morgan fingerprint density at radius 1 is 1.41 bits per heavy atom. The molecule has 0 fully saturated rings. The Morgan fingerprint density at radius 2 is 2.12 bits per heavy atom. The molecule has 1 heterocycles. The highest BCUT2D eigenvalue weighted by molar-refractivity contribution is 5.96. The highest BCUT2D eigenvalue weighted by atomic mass is 19.1. The maximum Gasteiger partial charge on any atom is 0.250 e. The summed E-state index contributed by atoms with van der Waals surface area (Å²) >= 11 is 0. The highest BCUT2D eigenvalue weighted by Gasteiger charge is 2.13. The average molecular weight is 234 g/mol. The van der Waals surface area contributed by atoms with Gasteiger partial charge >= 0.3 is 0 Å². The molecule has 0 unspecified atom stereocenters. The monoisotopic (exact) mass is 234 g/mol. The van der Waals surface area contributed by atoms with E-state index in [4.69, 9.17) is 11.5 Å². The molecule has 4 N–H and O–H groups in total. The minimum absolute atomic E-state index is 0.0659. The normalized spacial score (nSPS) is 10.5. The number of carbonyl (C=O) groups is 1. The largest absolute Gasteiger partial charge is 0.382 e. The van der Waals surface area contributed by atoms with Crippen LogP contribution in [0.25, 0.3) is 5.69 Å². The lowest BCUT2D eigenvalue weighted by Gasteiger charge is -2.08. The van der Waals surface area contributed by atoms with Crippen LogP contribution in [0.5, 0.6) is 0 Å². The van der Waals surface area contributed by atoms with Gasteiger partial charge in [0.1, 0.15) is 11.6 Å². The number of hydrogen-bond acceptors (Lipinski definition) is 3. The van der Waals surface area contributed by atoms with E-state index in [1.807, 2.05) is 0 Å². The van der Waals surface area contributed by atoms with Gasteiger partial charge in [0.15, 0.2) is 0 Å². The van der Waals surface area contributed by atoms with Crippen LogP contribution in [0, 0.1) is 12.7 Å². The van der Waals surface area contributed by atoms with E-state index in [0.717, 1.165) is 11.8 Å². The van der Waals surface area contributed by atoms with E-state index in [0.29, 0.717) is 11.5 Å². The van der Waals surface area contributed by atoms with Crippen LogP contribution in [-0.4, -0.2) is 15.7 Å². The topological polar surface area (TPSA) is 86.9 Å². The number of aromatic nitrogens is 2. The summed E-state index contributed by atoms with van der Waals surface area (Å²) in [7, 11) is 0. The van der Waals surface area contributed by atoms with E-state index in [1.165, 1.54) is 16.8 Å². The summed E-state index contributed by atoms with van der Waals surface area (Å²) in [6, 6.07) is 5.40. The lowest BCUT2D eigenvalue weighted by molar-refractivity contribution is 0.0999. The first-order valence-corrected chi connectivity index (χ1v) is 4.91. The molecule has 6 heteroatoms. The van der Waals surface area contributed by atoms with Gasteiger partial charge in [-0.25, -0.2) is 9.07 Å². The number of amides is 1. The van der Waals surface area contributed by atoms with Gasteiger partial charge in [-0.2, -0.15) is 5.10 Å². The second-order valence-corrected chi connectivity index (χ2v) is 3.65. The van der Waals surface area contributed by atoms with Crippen molar-refractivity contribution in [2.45, 2.75) is 6.92 Å². The van der Waals surface area contributed by atoms with Crippen molar-refractivity contribution in [3.05, 3.63) is 41.3 Å². The molecule has 2 aromatic rings. The van der Waals surface area contributed by atoms with E-state index in [9.17, 15) is 9.18 Å². The van der Waals surface area contributed by atoms with E-state index in [2.05, 4.69) is 5.10 Å². The van der Waals surface area contributed by atoms with Crippen LogP contribution in [0.4, 0.5) is 10.2 Å². The Bertz CT molecular complexity index is 591. The molecule has 0 saturated carbocycles. The third kappa shape index (κ3) is 1.96. The predicted molar refractivity (Wildman–Crippen MR) is 61.2 cm³/mol. The molecule has 1 amide bonds. The zero-order chi connectivity index (χ0) is 12.6. The van der Waals surface area contributed by atoms with E-state index < -0.39 is 11.7 Å². The number of benzene rings is 1. The van der Waals surface area contributed by atoms with Gasteiger partial charge in [0, 0.05) is 11.8 Å². The van der Waals surface area contributed by atoms with E-state index in [-0.39, 0.29) is 5.56 Å². The molecule has 0 aliphatic heterocycles. The first-order chi connectivity index (χ1) is 7.99. The number of primary amides is 1. The van der Waals surface area contributed by atoms with Crippen LogP contribution in [0.3, 0.4) is 0 Å². The van der Waals surface area contributed by atoms with Gasteiger partial charge in [0.2, 0.25) is 0 Å². The number of aryl methyl sites for hydroxylation is 1. The lowest BCUT2D eigenvalue weighted by atomic mass is 10.1. The summed E-state index contributed by atoms with van der Waals surface area (Å²) in [4.78, 5) is 11.2. The van der Waals surface area contributed by atoms with Gasteiger partial charge in [-0.3, -0.25) is 4.79 Å². The zero-order valence-electron chi connectivity index (χ0n) is 9.14. The molecule has 0 bridgehead atoms. The van der Waals surface area contributed by atoms with Crippen molar-refractivity contribution in [1.29, 1.82) is 0 Å². The molecule has 0 aliphatic rings. The molecular formula is C11H11FN4O. The fourth-order valence-electron chi connectivity index (χ4n) is 1.63. The smallest absolute Gasteiger partial charge is 0.250 e. The molecule has 1 aromatic heterocycles. The number of rotatable bonds is 2. The number of nitrogens with two attached hydrogens (primary N) is 2. The summed E-state index contributed by atoms with van der Waals surface area (Å²) in [6.45, 7) is 1.78. The summed E-state index contributed by atoms with van der Waals surface area (Å²) < 4.78 is 14.5. The molecule has 0 radical (unpaired) electrons. The first-order valence-electron chi connectivity index (χ1n) is 4.91. The van der Waals surface area contributed by atoms with E-state index in [1.54, 1.807) is 13.0 Å². The summed E-state index contributed by atoms with van der Waals surface area (Å²) in [5.74, 6) is -0.921. The maximum absolute atomic E-state index is 13.1. The molecule has 0 saturated heterocycles. The number of nitrogens with zero attached hydrogens (tertiary/aromatic N) is 2. The standard InChI is InChI=1S/C11H11FN4O/c1-6-4-10(13)15-16(6)9-3-2-7(12)5-8(9)11(14)17/h2-5H,1H3,(H2,13,15)(H2,14,17). The number of hydrogen-bond donors (Lipinski definition) is 2. The Labute approximate surface area is 96.8 Å². The molecule has 0 spiro atoms. The van der Waals surface area contributed by atoms with E-state index >= 15 is 0 Å². The summed E-state index contributed by atoms with van der Waals surface area (Å²) in [6.07, 6.45) is 0. The minimum atomic E-state index is -0.715. The summed E-state index contributed by atoms with van der Waals surface area (Å²) in [5, 5.41) is 4.02. The van der Waals surface area contributed by atoms with Crippen LogP contribution in [0.15, 0.2) is 24.3 Å². The van der Waals surface area contributed by atoms with Crippen molar-refractivity contribution in [2.75, 3.05) is 5.73 Å². The molecule has 0 aliphatic carbocycles. The van der Waals surface area contributed by atoms with Crippen molar-refractivity contribution >= 4 is 11.7 Å². The van der Waals surface area contributed by atoms with Gasteiger partial charge in [-0.05, 0) is 25.1 Å². The van der Waals surface area contributed by atoms with Crippen molar-refractivity contribution in [3.8, 4) is 5.69 Å². The van der Waals surface area contributed by atoms with Crippen LogP contribution in [0.2, 0.25) is 0 Å². The Hall–Kier alpha value is -2.37. The first kappa shape index (κ1) is 11.1. The highest BCUT2D eigenvalue weighted by Crippen LogP contribution is 2.18. The number of nitrogen functional groups attached to an aromatic ring is 1. The molecule has 0 atom stereocenters. The molecule has 88 valence electrons. The van der Waals surface area contributed by atoms with Crippen LogP contribution in [-0.2, 0) is 0 Å². The Morgan fingerprint density at radius 3 is 2.65 bits per heavy atom. The van der Waals surface area contributed by atoms with Crippen molar-refractivity contribution in [1.82, 2.24) is 9.78 Å². The SMILES string of the molecule is Cc1cc(N)nn1-c1ccc(F)cc1C(N)=O. The molecule has 2 rings (SSSR count). The van der Waals surface area contributed by atoms with Gasteiger partial charge in [0.05, 0.1) is 11.3 Å². The predicted octanol–water partition coefficient (Wildman–Crippen LogP) is 1.00. The minimum Gasteiger partial charge on any atom is -0.382 e. The quantitative estimate of drug-likeness (QED) is 0.812. The van der Waals surface area contributed by atoms with Crippen LogP contribution in [0.1, 0.15) is 16.1 Å².